The lowest BCUT2D eigenvalue weighted by atomic mass is 10.2. The average Bonchev–Trinajstić information content (AvgIpc) is 3.55. The predicted octanol–water partition coefficient (Wildman–Crippen LogP) is 4.57. The number of rotatable bonds is 5. The Balaban J connectivity index is 1.32. The zero-order chi connectivity index (χ0) is 21.2. The number of nitrogens with zero attached hydrogens (tertiary/aromatic N) is 5. The van der Waals surface area contributed by atoms with Crippen molar-refractivity contribution >= 4 is 22.9 Å². The van der Waals surface area contributed by atoms with Crippen molar-refractivity contribution in [2.45, 2.75) is 0 Å². The molecule has 0 saturated heterocycles. The molecule has 0 aliphatic heterocycles. The molecular formula is C22H15FN6OS. The van der Waals surface area contributed by atoms with Crippen molar-refractivity contribution in [1.82, 2.24) is 24.3 Å². The first-order valence-electron chi connectivity index (χ1n) is 9.32. The minimum Gasteiger partial charge on any atom is -0.321 e. The van der Waals surface area contributed by atoms with Crippen LogP contribution >= 0.6 is 11.3 Å². The molecule has 0 atom stereocenters. The van der Waals surface area contributed by atoms with E-state index in [9.17, 15) is 9.18 Å². The quantitative estimate of drug-likeness (QED) is 0.443. The molecule has 0 spiro atoms. The Bertz CT molecular complexity index is 1340. The second kappa shape index (κ2) is 7.96. The van der Waals surface area contributed by atoms with Crippen molar-refractivity contribution in [3.8, 4) is 21.9 Å². The fourth-order valence-electron chi connectivity index (χ4n) is 3.06. The maximum absolute atomic E-state index is 14.4. The van der Waals surface area contributed by atoms with Gasteiger partial charge in [-0.05, 0) is 30.3 Å². The Hall–Kier alpha value is -4.11. The molecule has 0 aliphatic carbocycles. The standard InChI is InChI=1S/C22H15FN6OS/c23-18-10-16(6-7-20(18)28-9-8-24-14-28)26-21(30)19-13-31-22(27-19)15-11-25-29(12-15)17-4-2-1-3-5-17/h1-14H,(H,26,30). The molecule has 3 aromatic heterocycles. The molecule has 0 fully saturated rings. The van der Waals surface area contributed by atoms with E-state index in [-0.39, 0.29) is 5.69 Å². The van der Waals surface area contributed by atoms with E-state index < -0.39 is 11.7 Å². The van der Waals surface area contributed by atoms with Crippen LogP contribution in [0.2, 0.25) is 0 Å². The third kappa shape index (κ3) is 3.86. The monoisotopic (exact) mass is 430 g/mol. The Morgan fingerprint density at radius 3 is 2.77 bits per heavy atom. The largest absolute Gasteiger partial charge is 0.321 e. The average molecular weight is 430 g/mol. The Morgan fingerprint density at radius 1 is 1.13 bits per heavy atom. The van der Waals surface area contributed by atoms with Crippen molar-refractivity contribution in [2.75, 3.05) is 5.32 Å². The normalized spacial score (nSPS) is 10.9. The smallest absolute Gasteiger partial charge is 0.275 e. The number of benzene rings is 2. The Labute approximate surface area is 180 Å². The summed E-state index contributed by atoms with van der Waals surface area (Å²) >= 11 is 1.34. The number of anilines is 1. The van der Waals surface area contributed by atoms with Gasteiger partial charge in [0, 0.05) is 35.2 Å². The van der Waals surface area contributed by atoms with Crippen LogP contribution in [0.15, 0.2) is 85.0 Å². The van der Waals surface area contributed by atoms with Crippen LogP contribution in [0.5, 0.6) is 0 Å². The van der Waals surface area contributed by atoms with Crippen LogP contribution in [0.4, 0.5) is 10.1 Å². The van der Waals surface area contributed by atoms with Gasteiger partial charge in [0.25, 0.3) is 5.91 Å². The lowest BCUT2D eigenvalue weighted by Crippen LogP contribution is -2.12. The van der Waals surface area contributed by atoms with E-state index in [4.69, 9.17) is 0 Å². The fourth-order valence-corrected chi connectivity index (χ4v) is 3.83. The number of nitrogens with one attached hydrogen (secondary N) is 1. The van der Waals surface area contributed by atoms with Crippen molar-refractivity contribution in [2.24, 2.45) is 0 Å². The van der Waals surface area contributed by atoms with Gasteiger partial charge in [-0.15, -0.1) is 11.3 Å². The molecule has 0 aliphatic rings. The SMILES string of the molecule is O=C(Nc1ccc(-n2ccnc2)c(F)c1)c1csc(-c2cnn(-c3ccccc3)c2)n1. The minimum absolute atomic E-state index is 0.256. The third-order valence-electron chi connectivity index (χ3n) is 4.58. The number of thiazole rings is 1. The van der Waals surface area contributed by atoms with Crippen LogP contribution in [0, 0.1) is 5.82 Å². The number of carbonyl (C=O) groups excluding carboxylic acids is 1. The summed E-state index contributed by atoms with van der Waals surface area (Å²) in [4.78, 5) is 20.9. The molecule has 9 heteroatoms. The minimum atomic E-state index is -0.469. The summed E-state index contributed by atoms with van der Waals surface area (Å²) in [6.07, 6.45) is 8.29. The van der Waals surface area contributed by atoms with Crippen LogP contribution in [-0.4, -0.2) is 30.2 Å². The number of carbonyl (C=O) groups is 1. The Kier molecular flexibility index (Phi) is 4.85. The number of amides is 1. The molecule has 0 bridgehead atoms. The number of aromatic nitrogens is 5. The summed E-state index contributed by atoms with van der Waals surface area (Å²) in [7, 11) is 0. The summed E-state index contributed by atoms with van der Waals surface area (Å²) in [6.45, 7) is 0. The maximum Gasteiger partial charge on any atom is 0.275 e. The van der Waals surface area contributed by atoms with E-state index in [2.05, 4.69) is 20.4 Å². The van der Waals surface area contributed by atoms with Gasteiger partial charge in [0.2, 0.25) is 0 Å². The van der Waals surface area contributed by atoms with Crippen molar-refractivity contribution in [1.29, 1.82) is 0 Å². The van der Waals surface area contributed by atoms with Gasteiger partial charge < -0.3 is 9.88 Å². The highest BCUT2D eigenvalue weighted by atomic mass is 32.1. The highest BCUT2D eigenvalue weighted by molar-refractivity contribution is 7.13. The second-order valence-corrected chi connectivity index (χ2v) is 7.50. The number of halogens is 1. The van der Waals surface area contributed by atoms with Crippen LogP contribution < -0.4 is 5.32 Å². The molecule has 1 amide bonds. The Morgan fingerprint density at radius 2 is 2.00 bits per heavy atom. The molecule has 5 rings (SSSR count). The van der Waals surface area contributed by atoms with Crippen molar-refractivity contribution < 1.29 is 9.18 Å². The van der Waals surface area contributed by atoms with Crippen LogP contribution in [0.1, 0.15) is 10.5 Å². The van der Waals surface area contributed by atoms with E-state index in [1.807, 2.05) is 36.5 Å². The van der Waals surface area contributed by atoms with Gasteiger partial charge in [-0.1, -0.05) is 18.2 Å². The van der Waals surface area contributed by atoms with Crippen LogP contribution in [0.3, 0.4) is 0 Å². The summed E-state index contributed by atoms with van der Waals surface area (Å²) in [5.74, 6) is -0.879. The third-order valence-corrected chi connectivity index (χ3v) is 5.47. The molecule has 31 heavy (non-hydrogen) atoms. The highest BCUT2D eigenvalue weighted by Crippen LogP contribution is 2.25. The molecule has 7 nitrogen and oxygen atoms in total. The molecule has 5 aromatic rings. The zero-order valence-corrected chi connectivity index (χ0v) is 16.8. The van der Waals surface area contributed by atoms with E-state index in [0.717, 1.165) is 11.3 Å². The molecule has 0 unspecified atom stereocenters. The lowest BCUT2D eigenvalue weighted by molar-refractivity contribution is 0.102. The first kappa shape index (κ1) is 18.9. The second-order valence-electron chi connectivity index (χ2n) is 6.64. The first-order chi connectivity index (χ1) is 15.2. The molecule has 0 radical (unpaired) electrons. The van der Waals surface area contributed by atoms with E-state index in [0.29, 0.717) is 16.4 Å². The number of hydrogen-bond donors (Lipinski definition) is 1. The molecule has 1 N–H and O–H groups in total. The predicted molar refractivity (Wildman–Crippen MR) is 116 cm³/mol. The number of para-hydroxylation sites is 1. The van der Waals surface area contributed by atoms with Crippen LogP contribution in [-0.2, 0) is 0 Å². The molecule has 152 valence electrons. The molecular weight excluding hydrogens is 415 g/mol. The molecule has 2 aromatic carbocycles. The summed E-state index contributed by atoms with van der Waals surface area (Å²) in [5, 5.41) is 9.39. The van der Waals surface area contributed by atoms with Crippen molar-refractivity contribution in [3.63, 3.8) is 0 Å². The highest BCUT2D eigenvalue weighted by Gasteiger charge is 2.15. The van der Waals surface area contributed by atoms with Gasteiger partial charge >= 0.3 is 0 Å². The van der Waals surface area contributed by atoms with Gasteiger partial charge in [-0.3, -0.25) is 4.79 Å². The molecule has 0 saturated carbocycles. The van der Waals surface area contributed by atoms with E-state index in [1.165, 1.54) is 23.7 Å². The van der Waals surface area contributed by atoms with Crippen molar-refractivity contribution in [3.05, 3.63) is 96.5 Å². The fraction of sp³-hybridized carbons (Fsp3) is 0. The first-order valence-corrected chi connectivity index (χ1v) is 10.2. The summed E-state index contributed by atoms with van der Waals surface area (Å²) in [5.41, 5.74) is 2.69. The van der Waals surface area contributed by atoms with Gasteiger partial charge in [0.15, 0.2) is 0 Å². The van der Waals surface area contributed by atoms with E-state index >= 15 is 0 Å². The van der Waals surface area contributed by atoms with Gasteiger partial charge in [-0.2, -0.15) is 5.10 Å². The van der Waals surface area contributed by atoms with Gasteiger partial charge in [0.1, 0.15) is 16.5 Å². The number of imidazole rings is 1. The number of hydrogen-bond acceptors (Lipinski definition) is 5. The van der Waals surface area contributed by atoms with Gasteiger partial charge in [-0.25, -0.2) is 19.0 Å². The summed E-state index contributed by atoms with van der Waals surface area (Å²) < 4.78 is 17.7. The summed E-state index contributed by atoms with van der Waals surface area (Å²) in [6, 6.07) is 14.2. The topological polar surface area (TPSA) is 77.6 Å². The zero-order valence-electron chi connectivity index (χ0n) is 16.0. The van der Waals surface area contributed by atoms with Crippen LogP contribution in [0.25, 0.3) is 21.9 Å². The molecule has 3 heterocycles. The lowest BCUT2D eigenvalue weighted by Gasteiger charge is -2.07. The van der Waals surface area contributed by atoms with Gasteiger partial charge in [0.05, 0.1) is 23.9 Å². The van der Waals surface area contributed by atoms with E-state index in [1.54, 1.807) is 45.4 Å². The maximum atomic E-state index is 14.4.